The van der Waals surface area contributed by atoms with Crippen LogP contribution in [0.25, 0.3) is 0 Å². The van der Waals surface area contributed by atoms with Crippen molar-refractivity contribution < 1.29 is 19.5 Å². The van der Waals surface area contributed by atoms with Gasteiger partial charge >= 0.3 is 0 Å². The van der Waals surface area contributed by atoms with Crippen LogP contribution in [0, 0.1) is 12.8 Å². The lowest BCUT2D eigenvalue weighted by Crippen LogP contribution is -2.45. The van der Waals surface area contributed by atoms with Crippen molar-refractivity contribution in [3.8, 4) is 0 Å². The molecular weight excluding hydrogens is 248 g/mol. The van der Waals surface area contributed by atoms with Crippen molar-refractivity contribution in [1.29, 1.82) is 0 Å². The lowest BCUT2D eigenvalue weighted by Gasteiger charge is -2.17. The lowest BCUT2D eigenvalue weighted by molar-refractivity contribution is -0.133. The van der Waals surface area contributed by atoms with Crippen LogP contribution in [0.3, 0.4) is 0 Å². The largest absolute Gasteiger partial charge is 0.378 e. The molecule has 6 nitrogen and oxygen atoms in total. The third-order valence-electron chi connectivity index (χ3n) is 3.16. The van der Waals surface area contributed by atoms with Gasteiger partial charge < -0.3 is 10.1 Å². The summed E-state index contributed by atoms with van der Waals surface area (Å²) in [4.78, 5) is 23.4. The Balaban J connectivity index is 2.02. The normalized spacial score (nSPS) is 22.0. The minimum Gasteiger partial charge on any atom is -0.378 e. The topological polar surface area (TPSA) is 87.7 Å². The summed E-state index contributed by atoms with van der Waals surface area (Å²) in [5.74, 6) is -1.38. The number of hydrogen-bond acceptors (Lipinski definition) is 4. The molecule has 2 atom stereocenters. The van der Waals surface area contributed by atoms with Gasteiger partial charge in [-0.25, -0.2) is 5.48 Å². The fourth-order valence-electron chi connectivity index (χ4n) is 1.99. The highest BCUT2D eigenvalue weighted by atomic mass is 16.5. The SMILES string of the molecule is Cc1ccc(C(=O)N[C@@H]2COC[C@@H]2C(=O)NO)cc1. The van der Waals surface area contributed by atoms with Crippen molar-refractivity contribution in [3.05, 3.63) is 35.4 Å². The molecule has 1 saturated heterocycles. The molecule has 1 aromatic carbocycles. The molecule has 1 heterocycles. The summed E-state index contributed by atoms with van der Waals surface area (Å²) in [7, 11) is 0. The molecule has 0 aromatic heterocycles. The summed E-state index contributed by atoms with van der Waals surface area (Å²) >= 11 is 0. The Morgan fingerprint density at radius 1 is 1.26 bits per heavy atom. The van der Waals surface area contributed by atoms with E-state index in [-0.39, 0.29) is 19.1 Å². The Morgan fingerprint density at radius 2 is 1.95 bits per heavy atom. The van der Waals surface area contributed by atoms with Crippen molar-refractivity contribution >= 4 is 11.8 Å². The molecule has 1 fully saturated rings. The van der Waals surface area contributed by atoms with Crippen molar-refractivity contribution in [2.75, 3.05) is 13.2 Å². The summed E-state index contributed by atoms with van der Waals surface area (Å²) in [6.07, 6.45) is 0. The average Bonchev–Trinajstić information content (AvgIpc) is 2.86. The second kappa shape index (κ2) is 5.81. The summed E-state index contributed by atoms with van der Waals surface area (Å²) in [5.41, 5.74) is 3.18. The van der Waals surface area contributed by atoms with Gasteiger partial charge in [0.2, 0.25) is 0 Å². The van der Waals surface area contributed by atoms with Crippen molar-refractivity contribution in [3.63, 3.8) is 0 Å². The van der Waals surface area contributed by atoms with Gasteiger partial charge in [0, 0.05) is 5.56 Å². The molecule has 0 aliphatic carbocycles. The highest BCUT2D eigenvalue weighted by Crippen LogP contribution is 2.14. The Kier molecular flexibility index (Phi) is 4.13. The number of hydrogen-bond donors (Lipinski definition) is 3. The first-order valence-corrected chi connectivity index (χ1v) is 6.01. The van der Waals surface area contributed by atoms with Gasteiger partial charge in [0.05, 0.1) is 25.2 Å². The van der Waals surface area contributed by atoms with Crippen LogP contribution in [0.1, 0.15) is 15.9 Å². The number of rotatable bonds is 3. The van der Waals surface area contributed by atoms with Crippen LogP contribution in [-0.2, 0) is 9.53 Å². The van der Waals surface area contributed by atoms with E-state index in [1.165, 1.54) is 0 Å². The predicted molar refractivity (Wildman–Crippen MR) is 66.7 cm³/mol. The molecule has 0 radical (unpaired) electrons. The molecule has 0 saturated carbocycles. The Morgan fingerprint density at radius 3 is 2.58 bits per heavy atom. The second-order valence-corrected chi connectivity index (χ2v) is 4.57. The number of benzene rings is 1. The maximum atomic E-state index is 12.0. The zero-order valence-electron chi connectivity index (χ0n) is 10.6. The van der Waals surface area contributed by atoms with E-state index in [0.717, 1.165) is 5.56 Å². The second-order valence-electron chi connectivity index (χ2n) is 4.57. The van der Waals surface area contributed by atoms with Crippen molar-refractivity contribution in [2.45, 2.75) is 13.0 Å². The maximum Gasteiger partial charge on any atom is 0.251 e. The van der Waals surface area contributed by atoms with E-state index in [1.54, 1.807) is 17.6 Å². The number of aryl methyl sites for hydroxylation is 1. The number of ether oxygens (including phenoxy) is 1. The monoisotopic (exact) mass is 264 g/mol. The number of carbonyl (C=O) groups excluding carboxylic acids is 2. The zero-order chi connectivity index (χ0) is 13.8. The van der Waals surface area contributed by atoms with Crippen LogP contribution in [0.15, 0.2) is 24.3 Å². The molecule has 6 heteroatoms. The molecule has 1 aromatic rings. The van der Waals surface area contributed by atoms with Gasteiger partial charge in [0.1, 0.15) is 0 Å². The fourth-order valence-corrected chi connectivity index (χ4v) is 1.99. The number of nitrogens with one attached hydrogen (secondary N) is 2. The first-order valence-electron chi connectivity index (χ1n) is 6.01. The minimum absolute atomic E-state index is 0.186. The van der Waals surface area contributed by atoms with Crippen LogP contribution < -0.4 is 10.8 Å². The van der Waals surface area contributed by atoms with E-state index >= 15 is 0 Å². The molecule has 102 valence electrons. The average molecular weight is 264 g/mol. The van der Waals surface area contributed by atoms with Gasteiger partial charge in [-0.2, -0.15) is 0 Å². The number of carbonyl (C=O) groups is 2. The maximum absolute atomic E-state index is 12.0. The quantitative estimate of drug-likeness (QED) is 0.539. The Hall–Kier alpha value is -1.92. The van der Waals surface area contributed by atoms with Crippen molar-refractivity contribution in [1.82, 2.24) is 10.8 Å². The molecule has 3 N–H and O–H groups in total. The van der Waals surface area contributed by atoms with Gasteiger partial charge in [0.15, 0.2) is 0 Å². The van der Waals surface area contributed by atoms with Crippen LogP contribution >= 0.6 is 0 Å². The first kappa shape index (κ1) is 13.5. The third-order valence-corrected chi connectivity index (χ3v) is 3.16. The standard InChI is InChI=1S/C13H16N2O4/c1-8-2-4-9(5-3-8)12(16)14-11-7-19-6-10(11)13(17)15-18/h2-5,10-11,18H,6-7H2,1H3,(H,14,16)(H,15,17)/t10-,11+/m0/s1. The Labute approximate surface area is 110 Å². The molecule has 19 heavy (non-hydrogen) atoms. The smallest absolute Gasteiger partial charge is 0.251 e. The first-order chi connectivity index (χ1) is 9.11. The highest BCUT2D eigenvalue weighted by molar-refractivity contribution is 5.95. The van der Waals surface area contributed by atoms with E-state index < -0.39 is 17.9 Å². The van der Waals surface area contributed by atoms with Crippen LogP contribution in [-0.4, -0.2) is 36.3 Å². The van der Waals surface area contributed by atoms with E-state index in [4.69, 9.17) is 9.94 Å². The molecule has 2 rings (SSSR count). The van der Waals surface area contributed by atoms with Crippen LogP contribution in [0.4, 0.5) is 0 Å². The highest BCUT2D eigenvalue weighted by Gasteiger charge is 2.35. The minimum atomic E-state index is -0.570. The molecule has 0 spiro atoms. The summed E-state index contributed by atoms with van der Waals surface area (Å²) in [5, 5.41) is 11.4. The number of hydroxylamine groups is 1. The van der Waals surface area contributed by atoms with Gasteiger partial charge in [-0.3, -0.25) is 14.8 Å². The zero-order valence-corrected chi connectivity index (χ0v) is 10.6. The van der Waals surface area contributed by atoms with E-state index in [0.29, 0.717) is 5.56 Å². The lowest BCUT2D eigenvalue weighted by atomic mass is 10.0. The van der Waals surface area contributed by atoms with Crippen LogP contribution in [0.2, 0.25) is 0 Å². The third kappa shape index (κ3) is 3.10. The van der Waals surface area contributed by atoms with E-state index in [2.05, 4.69) is 5.32 Å². The Bertz CT molecular complexity index is 472. The summed E-state index contributed by atoms with van der Waals surface area (Å²) in [6, 6.07) is 6.71. The van der Waals surface area contributed by atoms with Gasteiger partial charge in [-0.05, 0) is 19.1 Å². The van der Waals surface area contributed by atoms with Gasteiger partial charge in [-0.1, -0.05) is 17.7 Å². The van der Waals surface area contributed by atoms with Gasteiger partial charge in [-0.15, -0.1) is 0 Å². The number of amides is 2. The van der Waals surface area contributed by atoms with Crippen LogP contribution in [0.5, 0.6) is 0 Å². The van der Waals surface area contributed by atoms with E-state index in [1.807, 2.05) is 19.1 Å². The van der Waals surface area contributed by atoms with E-state index in [9.17, 15) is 9.59 Å². The fraction of sp³-hybridized carbons (Fsp3) is 0.385. The van der Waals surface area contributed by atoms with Crippen molar-refractivity contribution in [2.24, 2.45) is 5.92 Å². The molecule has 1 aliphatic heterocycles. The molecule has 0 unspecified atom stereocenters. The summed E-state index contributed by atoms with van der Waals surface area (Å²) < 4.78 is 5.16. The molecule has 1 aliphatic rings. The summed E-state index contributed by atoms with van der Waals surface area (Å²) in [6.45, 7) is 2.38. The molecule has 0 bridgehead atoms. The van der Waals surface area contributed by atoms with Gasteiger partial charge in [0.25, 0.3) is 11.8 Å². The molecule has 2 amide bonds. The molecular formula is C13H16N2O4. The predicted octanol–water partition coefficient (Wildman–Crippen LogP) is 0.245.